The van der Waals surface area contributed by atoms with Crippen molar-refractivity contribution in [2.75, 3.05) is 13.2 Å². The highest BCUT2D eigenvalue weighted by Gasteiger charge is 2.18. The summed E-state index contributed by atoms with van der Waals surface area (Å²) in [6.45, 7) is 2.61. The van der Waals surface area contributed by atoms with Gasteiger partial charge in [-0.2, -0.15) is 0 Å². The first-order chi connectivity index (χ1) is 12.1. The van der Waals surface area contributed by atoms with Crippen molar-refractivity contribution >= 4 is 27.9 Å². The van der Waals surface area contributed by atoms with Gasteiger partial charge in [-0.1, -0.05) is 53.5 Å². The van der Waals surface area contributed by atoms with Crippen LogP contribution in [0.3, 0.4) is 0 Å². The highest BCUT2D eigenvalue weighted by atomic mass is 79.9. The number of hydrogen-bond acceptors (Lipinski definition) is 4. The van der Waals surface area contributed by atoms with Gasteiger partial charge < -0.3 is 9.47 Å². The van der Waals surface area contributed by atoms with Crippen LogP contribution >= 0.6 is 15.9 Å². The van der Waals surface area contributed by atoms with E-state index in [2.05, 4.69) is 15.9 Å². The molecular formula is C20H21BrO4. The summed E-state index contributed by atoms with van der Waals surface area (Å²) in [5.74, 6) is -1.01. The van der Waals surface area contributed by atoms with Crippen LogP contribution in [-0.4, -0.2) is 25.2 Å². The van der Waals surface area contributed by atoms with E-state index in [1.807, 2.05) is 31.2 Å². The number of carbonyl (C=O) groups excluding carboxylic acids is 2. The van der Waals surface area contributed by atoms with Crippen molar-refractivity contribution in [3.05, 3.63) is 69.7 Å². The molecule has 0 amide bonds. The first-order valence-electron chi connectivity index (χ1n) is 8.29. The third-order valence-corrected chi connectivity index (χ3v) is 4.10. The minimum absolute atomic E-state index is 0.234. The molecule has 0 fully saturated rings. The van der Waals surface area contributed by atoms with Crippen molar-refractivity contribution in [3.8, 4) is 0 Å². The highest BCUT2D eigenvalue weighted by Crippen LogP contribution is 2.14. The Morgan fingerprint density at radius 2 is 1.56 bits per heavy atom. The van der Waals surface area contributed by atoms with Gasteiger partial charge >= 0.3 is 11.9 Å². The molecular weight excluding hydrogens is 384 g/mol. The molecule has 0 unspecified atom stereocenters. The summed E-state index contributed by atoms with van der Waals surface area (Å²) in [4.78, 5) is 24.5. The number of esters is 2. The van der Waals surface area contributed by atoms with E-state index in [-0.39, 0.29) is 17.7 Å². The zero-order valence-electron chi connectivity index (χ0n) is 14.2. The SMILES string of the molecule is CCCCOC(=O)c1ccccc1C(=O)OCCc1cccc(Br)c1. The first-order valence-corrected chi connectivity index (χ1v) is 9.09. The van der Waals surface area contributed by atoms with E-state index in [1.165, 1.54) is 0 Å². The Bertz CT molecular complexity index is 727. The van der Waals surface area contributed by atoms with Gasteiger partial charge in [0.1, 0.15) is 0 Å². The summed E-state index contributed by atoms with van der Waals surface area (Å²) >= 11 is 3.41. The molecule has 0 saturated heterocycles. The molecule has 0 atom stereocenters. The Morgan fingerprint density at radius 1 is 0.920 bits per heavy atom. The number of rotatable bonds is 8. The van der Waals surface area contributed by atoms with Gasteiger partial charge in [-0.25, -0.2) is 9.59 Å². The molecule has 0 aliphatic heterocycles. The smallest absolute Gasteiger partial charge is 0.339 e. The second-order valence-electron chi connectivity index (χ2n) is 5.55. The average molecular weight is 405 g/mol. The monoisotopic (exact) mass is 404 g/mol. The fraction of sp³-hybridized carbons (Fsp3) is 0.300. The van der Waals surface area contributed by atoms with Crippen LogP contribution in [0.1, 0.15) is 46.0 Å². The van der Waals surface area contributed by atoms with E-state index in [9.17, 15) is 9.59 Å². The molecule has 0 saturated carbocycles. The van der Waals surface area contributed by atoms with Crippen LogP contribution in [0, 0.1) is 0 Å². The number of ether oxygens (including phenoxy) is 2. The number of unbranched alkanes of at least 4 members (excludes halogenated alkanes) is 1. The van der Waals surface area contributed by atoms with Gasteiger partial charge in [0.05, 0.1) is 24.3 Å². The fourth-order valence-corrected chi connectivity index (χ4v) is 2.70. The van der Waals surface area contributed by atoms with Crippen molar-refractivity contribution in [3.63, 3.8) is 0 Å². The summed E-state index contributed by atoms with van der Waals surface area (Å²) in [6, 6.07) is 14.4. The van der Waals surface area contributed by atoms with Crippen LogP contribution in [-0.2, 0) is 15.9 Å². The minimum atomic E-state index is -0.516. The number of hydrogen-bond donors (Lipinski definition) is 0. The van der Waals surface area contributed by atoms with Crippen LogP contribution in [0.15, 0.2) is 53.0 Å². The lowest BCUT2D eigenvalue weighted by molar-refractivity contribution is 0.0457. The Kier molecular flexibility index (Phi) is 7.67. The molecule has 2 aromatic carbocycles. The van der Waals surface area contributed by atoms with Crippen molar-refractivity contribution in [1.29, 1.82) is 0 Å². The maximum Gasteiger partial charge on any atom is 0.339 e. The standard InChI is InChI=1S/C20H21BrO4/c1-2-3-12-24-19(22)17-9-4-5-10-18(17)20(23)25-13-11-15-7-6-8-16(21)14-15/h4-10,14H,2-3,11-13H2,1H3. The largest absolute Gasteiger partial charge is 0.462 e. The van der Waals surface area contributed by atoms with E-state index in [0.29, 0.717) is 13.0 Å². The lowest BCUT2D eigenvalue weighted by Crippen LogP contribution is -2.15. The fourth-order valence-electron chi connectivity index (χ4n) is 2.26. The Labute approximate surface area is 156 Å². The summed E-state index contributed by atoms with van der Waals surface area (Å²) in [6.07, 6.45) is 2.34. The van der Waals surface area contributed by atoms with Gasteiger partial charge in [-0.15, -0.1) is 0 Å². The molecule has 5 heteroatoms. The van der Waals surface area contributed by atoms with Crippen LogP contribution in [0.4, 0.5) is 0 Å². The molecule has 0 aliphatic carbocycles. The Morgan fingerprint density at radius 3 is 2.16 bits per heavy atom. The minimum Gasteiger partial charge on any atom is -0.462 e. The average Bonchev–Trinajstić information content (AvgIpc) is 2.62. The Balaban J connectivity index is 1.95. The van der Waals surface area contributed by atoms with Crippen LogP contribution in [0.25, 0.3) is 0 Å². The molecule has 25 heavy (non-hydrogen) atoms. The Hall–Kier alpha value is -2.14. The number of carbonyl (C=O) groups is 2. The zero-order chi connectivity index (χ0) is 18.1. The van der Waals surface area contributed by atoms with E-state index in [0.717, 1.165) is 22.9 Å². The molecule has 4 nitrogen and oxygen atoms in total. The second kappa shape index (κ2) is 9.99. The van der Waals surface area contributed by atoms with Gasteiger partial charge in [0, 0.05) is 10.9 Å². The number of benzene rings is 2. The van der Waals surface area contributed by atoms with Gasteiger partial charge in [0.25, 0.3) is 0 Å². The van der Waals surface area contributed by atoms with Crippen molar-refractivity contribution in [2.24, 2.45) is 0 Å². The van der Waals surface area contributed by atoms with Crippen LogP contribution in [0.5, 0.6) is 0 Å². The first kappa shape index (κ1) is 19.2. The molecule has 0 bridgehead atoms. The van der Waals surface area contributed by atoms with Gasteiger partial charge in [0.15, 0.2) is 0 Å². The van der Waals surface area contributed by atoms with Gasteiger partial charge in [-0.05, 0) is 36.2 Å². The third-order valence-electron chi connectivity index (χ3n) is 3.61. The predicted octanol–water partition coefficient (Wildman–Crippen LogP) is 4.81. The summed E-state index contributed by atoms with van der Waals surface area (Å²) < 4.78 is 11.5. The lowest BCUT2D eigenvalue weighted by atomic mass is 10.1. The molecule has 0 aromatic heterocycles. The zero-order valence-corrected chi connectivity index (χ0v) is 15.8. The summed E-state index contributed by atoms with van der Waals surface area (Å²) in [5, 5.41) is 0. The molecule has 0 heterocycles. The lowest BCUT2D eigenvalue weighted by Gasteiger charge is -2.10. The van der Waals surface area contributed by atoms with E-state index >= 15 is 0 Å². The maximum atomic E-state index is 12.3. The van der Waals surface area contributed by atoms with Gasteiger partial charge in [0.2, 0.25) is 0 Å². The topological polar surface area (TPSA) is 52.6 Å². The van der Waals surface area contributed by atoms with E-state index in [4.69, 9.17) is 9.47 Å². The summed E-state index contributed by atoms with van der Waals surface area (Å²) in [5.41, 5.74) is 1.54. The van der Waals surface area contributed by atoms with Crippen LogP contribution in [0.2, 0.25) is 0 Å². The van der Waals surface area contributed by atoms with E-state index < -0.39 is 11.9 Å². The molecule has 2 rings (SSSR count). The van der Waals surface area contributed by atoms with E-state index in [1.54, 1.807) is 24.3 Å². The summed E-state index contributed by atoms with van der Waals surface area (Å²) in [7, 11) is 0. The molecule has 2 aromatic rings. The normalized spacial score (nSPS) is 10.3. The van der Waals surface area contributed by atoms with Crippen molar-refractivity contribution < 1.29 is 19.1 Å². The van der Waals surface area contributed by atoms with Crippen LogP contribution < -0.4 is 0 Å². The molecule has 0 radical (unpaired) electrons. The highest BCUT2D eigenvalue weighted by molar-refractivity contribution is 9.10. The van der Waals surface area contributed by atoms with Crippen molar-refractivity contribution in [2.45, 2.75) is 26.2 Å². The molecule has 0 spiro atoms. The predicted molar refractivity (Wildman–Crippen MR) is 99.8 cm³/mol. The second-order valence-corrected chi connectivity index (χ2v) is 6.47. The maximum absolute atomic E-state index is 12.3. The van der Waals surface area contributed by atoms with Crippen molar-refractivity contribution in [1.82, 2.24) is 0 Å². The third kappa shape index (κ3) is 6.02. The quantitative estimate of drug-likeness (QED) is 0.468. The van der Waals surface area contributed by atoms with Gasteiger partial charge in [-0.3, -0.25) is 0 Å². The molecule has 132 valence electrons. The molecule has 0 aliphatic rings. The molecule has 0 N–H and O–H groups in total. The number of halogens is 1.